The Morgan fingerprint density at radius 1 is 1.38 bits per heavy atom. The summed E-state index contributed by atoms with van der Waals surface area (Å²) in [6.07, 6.45) is 1.96. The molecule has 21 heavy (non-hydrogen) atoms. The lowest BCUT2D eigenvalue weighted by atomic mass is 10.1. The number of nitrogens with two attached hydrogens (primary N) is 2. The zero-order chi connectivity index (χ0) is 15.4. The first-order chi connectivity index (χ1) is 10.0. The molecule has 0 aliphatic heterocycles. The Labute approximate surface area is 123 Å². The topological polar surface area (TPSA) is 102 Å². The average Bonchev–Trinajstić information content (AvgIpc) is 2.79. The normalized spacial score (nSPS) is 13.2. The van der Waals surface area contributed by atoms with Gasteiger partial charge >= 0.3 is 6.02 Å². The maximum Gasteiger partial charge on any atom is 0.315 e. The smallest absolute Gasteiger partial charge is 0.315 e. The molecule has 112 valence electrons. The summed E-state index contributed by atoms with van der Waals surface area (Å²) < 4.78 is 5.20. The number of aliphatic imine (C=N–C) groups is 2. The van der Waals surface area contributed by atoms with Crippen LogP contribution in [0.3, 0.4) is 0 Å². The molecule has 5 N–H and O–H groups in total. The summed E-state index contributed by atoms with van der Waals surface area (Å²) in [7, 11) is 0. The molecule has 1 aromatic carbocycles. The Balaban J connectivity index is 2.37. The van der Waals surface area contributed by atoms with Crippen LogP contribution in [0.4, 0.5) is 0 Å². The van der Waals surface area contributed by atoms with Crippen LogP contribution in [0.25, 0.3) is 10.9 Å². The predicted molar refractivity (Wildman–Crippen MR) is 86.5 cm³/mol. The first-order valence-corrected chi connectivity index (χ1v) is 6.84. The lowest BCUT2D eigenvalue weighted by Crippen LogP contribution is -2.19. The van der Waals surface area contributed by atoms with Gasteiger partial charge in [-0.25, -0.2) is 4.99 Å². The minimum Gasteiger partial charge on any atom is -0.448 e. The molecule has 0 amide bonds. The van der Waals surface area contributed by atoms with E-state index in [1.165, 1.54) is 0 Å². The highest BCUT2D eigenvalue weighted by atomic mass is 16.5. The Bertz CT molecular complexity index is 684. The van der Waals surface area contributed by atoms with Crippen LogP contribution in [-0.2, 0) is 4.74 Å². The van der Waals surface area contributed by atoms with Crippen LogP contribution in [0.1, 0.15) is 25.0 Å². The third kappa shape index (κ3) is 3.61. The van der Waals surface area contributed by atoms with Gasteiger partial charge in [0.1, 0.15) is 12.6 Å². The van der Waals surface area contributed by atoms with Crippen molar-refractivity contribution >= 4 is 22.8 Å². The maximum atomic E-state index is 6.05. The molecular formula is C15H21N5O. The van der Waals surface area contributed by atoms with E-state index in [1.54, 1.807) is 0 Å². The van der Waals surface area contributed by atoms with Crippen LogP contribution in [0.15, 0.2) is 34.4 Å². The number of rotatable bonds is 3. The summed E-state index contributed by atoms with van der Waals surface area (Å²) in [5.74, 6) is 0.352. The van der Waals surface area contributed by atoms with Crippen molar-refractivity contribution in [3.05, 3.63) is 35.5 Å². The lowest BCUT2D eigenvalue weighted by molar-refractivity contribution is 0.309. The molecule has 0 fully saturated rings. The van der Waals surface area contributed by atoms with E-state index in [4.69, 9.17) is 16.2 Å². The maximum absolute atomic E-state index is 6.05. The van der Waals surface area contributed by atoms with E-state index >= 15 is 0 Å². The second-order valence-electron chi connectivity index (χ2n) is 5.05. The number of benzene rings is 1. The molecule has 0 aliphatic rings. The summed E-state index contributed by atoms with van der Waals surface area (Å²) in [6.45, 7) is 5.92. The zero-order valence-electron chi connectivity index (χ0n) is 12.6. The molecule has 0 aliphatic carbocycles. The van der Waals surface area contributed by atoms with Crippen molar-refractivity contribution in [2.45, 2.75) is 26.8 Å². The zero-order valence-corrected chi connectivity index (χ0v) is 12.6. The molecule has 0 saturated carbocycles. The predicted octanol–water partition coefficient (Wildman–Crippen LogP) is 1.88. The molecule has 0 radical (unpaired) electrons. The van der Waals surface area contributed by atoms with Crippen molar-refractivity contribution < 1.29 is 4.74 Å². The van der Waals surface area contributed by atoms with Gasteiger partial charge in [-0.2, -0.15) is 4.99 Å². The Hall–Kier alpha value is -2.34. The molecule has 1 heterocycles. The molecular weight excluding hydrogens is 266 g/mol. The first-order valence-electron chi connectivity index (χ1n) is 6.84. The van der Waals surface area contributed by atoms with E-state index in [9.17, 15) is 0 Å². The number of aromatic amines is 1. The second kappa shape index (κ2) is 6.41. The summed E-state index contributed by atoms with van der Waals surface area (Å²) in [6, 6.07) is 6.14. The Kier molecular flexibility index (Phi) is 4.59. The summed E-state index contributed by atoms with van der Waals surface area (Å²) in [5.41, 5.74) is 14.5. The second-order valence-corrected chi connectivity index (χ2v) is 5.05. The Morgan fingerprint density at radius 2 is 2.14 bits per heavy atom. The van der Waals surface area contributed by atoms with Crippen LogP contribution in [-0.4, -0.2) is 29.6 Å². The molecule has 2 aromatic rings. The number of amidine groups is 2. The highest BCUT2D eigenvalue weighted by Crippen LogP contribution is 2.18. The van der Waals surface area contributed by atoms with Crippen LogP contribution >= 0.6 is 0 Å². The van der Waals surface area contributed by atoms with E-state index in [0.717, 1.165) is 22.0 Å². The van der Waals surface area contributed by atoms with Crippen molar-refractivity contribution in [1.82, 2.24) is 4.98 Å². The fourth-order valence-corrected chi connectivity index (χ4v) is 1.98. The minimum atomic E-state index is 0.0122. The van der Waals surface area contributed by atoms with Gasteiger partial charge in [-0.15, -0.1) is 0 Å². The van der Waals surface area contributed by atoms with Crippen molar-refractivity contribution in [3.63, 3.8) is 0 Å². The molecule has 1 aromatic heterocycles. The van der Waals surface area contributed by atoms with E-state index in [-0.39, 0.29) is 18.8 Å². The number of ether oxygens (including phenoxy) is 1. The monoisotopic (exact) mass is 287 g/mol. The molecule has 0 saturated heterocycles. The summed E-state index contributed by atoms with van der Waals surface area (Å²) in [5, 5.41) is 1.12. The third-order valence-corrected chi connectivity index (χ3v) is 2.98. The third-order valence-electron chi connectivity index (χ3n) is 2.98. The number of nitrogens with zero attached hydrogens (tertiary/aromatic N) is 2. The molecule has 0 unspecified atom stereocenters. The highest BCUT2D eigenvalue weighted by molar-refractivity contribution is 6.05. The van der Waals surface area contributed by atoms with Crippen molar-refractivity contribution in [1.29, 1.82) is 0 Å². The number of nitrogens with one attached hydrogen (secondary N) is 1. The number of aromatic nitrogens is 1. The SMILES string of the molecule is Cc1c[nH]c2ccc(/C(N)=N/C(=NC(C)C)OCN)cc12. The molecule has 6 nitrogen and oxygen atoms in total. The molecule has 0 bridgehead atoms. The van der Waals surface area contributed by atoms with Gasteiger partial charge in [0.2, 0.25) is 0 Å². The number of hydrogen-bond donors (Lipinski definition) is 3. The molecule has 0 spiro atoms. The van der Waals surface area contributed by atoms with Crippen molar-refractivity contribution in [2.24, 2.45) is 21.5 Å². The van der Waals surface area contributed by atoms with E-state index in [2.05, 4.69) is 15.0 Å². The molecule has 2 rings (SSSR count). The quantitative estimate of drug-likeness (QED) is 0.456. The number of aryl methyl sites for hydroxylation is 1. The summed E-state index contributed by atoms with van der Waals surface area (Å²) >= 11 is 0. The lowest BCUT2D eigenvalue weighted by Gasteiger charge is -2.06. The Morgan fingerprint density at radius 3 is 2.81 bits per heavy atom. The van der Waals surface area contributed by atoms with Gasteiger partial charge in [-0.1, -0.05) is 0 Å². The number of hydrogen-bond acceptors (Lipinski definition) is 3. The van der Waals surface area contributed by atoms with Gasteiger partial charge in [0.05, 0.1) is 0 Å². The van der Waals surface area contributed by atoms with Gasteiger partial charge in [0.15, 0.2) is 0 Å². The molecule has 0 atom stereocenters. The van der Waals surface area contributed by atoms with Gasteiger partial charge < -0.3 is 15.5 Å². The fraction of sp³-hybridized carbons (Fsp3) is 0.333. The number of fused-ring (bicyclic) bond motifs is 1. The fourth-order valence-electron chi connectivity index (χ4n) is 1.98. The van der Waals surface area contributed by atoms with Gasteiger partial charge in [-0.3, -0.25) is 5.73 Å². The van der Waals surface area contributed by atoms with E-state index in [0.29, 0.717) is 5.84 Å². The average molecular weight is 287 g/mol. The van der Waals surface area contributed by atoms with E-state index < -0.39 is 0 Å². The van der Waals surface area contributed by atoms with Crippen LogP contribution < -0.4 is 11.5 Å². The van der Waals surface area contributed by atoms with Crippen LogP contribution in [0.2, 0.25) is 0 Å². The molecule has 6 heteroatoms. The van der Waals surface area contributed by atoms with Crippen LogP contribution in [0, 0.1) is 6.92 Å². The standard InChI is InChI=1S/C15H21N5O/c1-9(2)19-15(21-8-16)20-14(17)11-4-5-13-12(6-11)10(3)7-18-13/h4-7,9,18H,8,16H2,1-3H3,(H2,17,19,20). The first kappa shape index (κ1) is 15.1. The summed E-state index contributed by atoms with van der Waals surface area (Å²) in [4.78, 5) is 11.7. The van der Waals surface area contributed by atoms with Gasteiger partial charge in [0.25, 0.3) is 0 Å². The van der Waals surface area contributed by atoms with Crippen LogP contribution in [0.5, 0.6) is 0 Å². The van der Waals surface area contributed by atoms with Gasteiger partial charge in [-0.05, 0) is 44.5 Å². The van der Waals surface area contributed by atoms with E-state index in [1.807, 2.05) is 45.2 Å². The largest absolute Gasteiger partial charge is 0.448 e. The highest BCUT2D eigenvalue weighted by Gasteiger charge is 2.06. The van der Waals surface area contributed by atoms with Crippen molar-refractivity contribution in [2.75, 3.05) is 6.73 Å². The minimum absolute atomic E-state index is 0.0122. The number of H-pyrrole nitrogens is 1. The van der Waals surface area contributed by atoms with Crippen molar-refractivity contribution in [3.8, 4) is 0 Å². The van der Waals surface area contributed by atoms with Gasteiger partial charge in [0, 0.05) is 28.7 Å².